The first-order valence-corrected chi connectivity index (χ1v) is 6.62. The van der Waals surface area contributed by atoms with Gasteiger partial charge in [-0.15, -0.1) is 0 Å². The van der Waals surface area contributed by atoms with Crippen molar-refractivity contribution >= 4 is 34.3 Å². The number of carbonyl (C=O) groups is 1. The van der Waals surface area contributed by atoms with Crippen LogP contribution in [-0.2, 0) is 11.3 Å². The summed E-state index contributed by atoms with van der Waals surface area (Å²) < 4.78 is 7.78. The Kier molecular flexibility index (Phi) is 4.34. The Morgan fingerprint density at radius 2 is 2.44 bits per heavy atom. The molecule has 0 saturated carbocycles. The average molecular weight is 360 g/mol. The van der Waals surface area contributed by atoms with E-state index in [0.717, 1.165) is 16.5 Å². The highest BCUT2D eigenvalue weighted by atomic mass is 127. The number of aryl methyl sites for hydroxylation is 2. The first-order valence-electron chi connectivity index (χ1n) is 5.54. The third-order valence-electron chi connectivity index (χ3n) is 2.29. The molecule has 1 N–H and O–H groups in total. The van der Waals surface area contributed by atoms with Crippen molar-refractivity contribution in [3.63, 3.8) is 0 Å². The van der Waals surface area contributed by atoms with Crippen molar-refractivity contribution in [2.45, 2.75) is 26.3 Å². The van der Waals surface area contributed by atoms with E-state index in [4.69, 9.17) is 4.52 Å². The Labute approximate surface area is 118 Å². The van der Waals surface area contributed by atoms with Gasteiger partial charge in [0, 0.05) is 25.2 Å². The van der Waals surface area contributed by atoms with Gasteiger partial charge in [0.2, 0.25) is 5.91 Å². The lowest BCUT2D eigenvalue weighted by molar-refractivity contribution is -0.116. The molecule has 0 aliphatic rings. The molecule has 1 amide bonds. The summed E-state index contributed by atoms with van der Waals surface area (Å²) in [4.78, 5) is 11.6. The monoisotopic (exact) mass is 360 g/mol. The molecule has 2 aromatic rings. The molecule has 0 fully saturated rings. The Balaban J connectivity index is 1.72. The lowest BCUT2D eigenvalue weighted by Gasteiger charge is -2.01. The van der Waals surface area contributed by atoms with E-state index in [0.29, 0.717) is 18.0 Å². The summed E-state index contributed by atoms with van der Waals surface area (Å²) in [5.74, 6) is 1.08. The van der Waals surface area contributed by atoms with Gasteiger partial charge in [-0.05, 0) is 35.9 Å². The number of amides is 1. The van der Waals surface area contributed by atoms with Gasteiger partial charge in [-0.2, -0.15) is 5.10 Å². The second-order valence-corrected chi connectivity index (χ2v) is 5.14. The van der Waals surface area contributed by atoms with Crippen molar-refractivity contribution < 1.29 is 9.32 Å². The van der Waals surface area contributed by atoms with Crippen molar-refractivity contribution in [3.8, 4) is 0 Å². The SMILES string of the molecule is Cc1cc(NC(=O)CCCn2cc(I)cn2)no1. The maximum absolute atomic E-state index is 11.6. The second kappa shape index (κ2) is 5.98. The number of carbonyl (C=O) groups excluding carboxylic acids is 1. The fraction of sp³-hybridized carbons (Fsp3) is 0.364. The molecule has 96 valence electrons. The molecule has 0 aliphatic heterocycles. The van der Waals surface area contributed by atoms with E-state index in [1.807, 2.05) is 10.9 Å². The molecule has 18 heavy (non-hydrogen) atoms. The minimum Gasteiger partial charge on any atom is -0.360 e. The number of halogens is 1. The average Bonchev–Trinajstić information content (AvgIpc) is 2.88. The summed E-state index contributed by atoms with van der Waals surface area (Å²) in [5.41, 5.74) is 0. The predicted molar refractivity (Wildman–Crippen MR) is 74.0 cm³/mol. The van der Waals surface area contributed by atoms with Crippen molar-refractivity contribution in [2.75, 3.05) is 5.32 Å². The van der Waals surface area contributed by atoms with Gasteiger partial charge in [0.1, 0.15) is 5.76 Å². The molecule has 2 rings (SSSR count). The van der Waals surface area contributed by atoms with Crippen LogP contribution in [0.15, 0.2) is 23.0 Å². The summed E-state index contributed by atoms with van der Waals surface area (Å²) in [6, 6.07) is 1.69. The van der Waals surface area contributed by atoms with Gasteiger partial charge >= 0.3 is 0 Å². The highest BCUT2D eigenvalue weighted by Crippen LogP contribution is 2.08. The van der Waals surface area contributed by atoms with Crippen LogP contribution in [0.2, 0.25) is 0 Å². The minimum atomic E-state index is -0.0647. The molecule has 0 bridgehead atoms. The van der Waals surface area contributed by atoms with E-state index in [1.54, 1.807) is 19.2 Å². The molecule has 6 nitrogen and oxygen atoms in total. The van der Waals surface area contributed by atoms with Crippen molar-refractivity contribution in [1.29, 1.82) is 0 Å². The van der Waals surface area contributed by atoms with E-state index in [-0.39, 0.29) is 5.91 Å². The van der Waals surface area contributed by atoms with Crippen molar-refractivity contribution in [3.05, 3.63) is 27.8 Å². The Hall–Kier alpha value is -1.38. The fourth-order valence-corrected chi connectivity index (χ4v) is 1.94. The summed E-state index contributed by atoms with van der Waals surface area (Å²) in [7, 11) is 0. The summed E-state index contributed by atoms with van der Waals surface area (Å²) in [6.07, 6.45) is 4.90. The van der Waals surface area contributed by atoms with Crippen LogP contribution in [0.4, 0.5) is 5.82 Å². The van der Waals surface area contributed by atoms with Crippen molar-refractivity contribution in [2.24, 2.45) is 0 Å². The molecule has 0 atom stereocenters. The highest BCUT2D eigenvalue weighted by Gasteiger charge is 2.06. The molecule has 2 aromatic heterocycles. The summed E-state index contributed by atoms with van der Waals surface area (Å²) in [5, 5.41) is 10.5. The highest BCUT2D eigenvalue weighted by molar-refractivity contribution is 14.1. The van der Waals surface area contributed by atoms with E-state index in [2.05, 4.69) is 38.2 Å². The number of hydrogen-bond donors (Lipinski definition) is 1. The first kappa shape index (κ1) is 13.1. The molecule has 0 aliphatic carbocycles. The molecule has 0 saturated heterocycles. The Morgan fingerprint density at radius 3 is 3.06 bits per heavy atom. The van der Waals surface area contributed by atoms with Crippen LogP contribution in [-0.4, -0.2) is 20.8 Å². The van der Waals surface area contributed by atoms with Crippen LogP contribution in [0.25, 0.3) is 0 Å². The quantitative estimate of drug-likeness (QED) is 0.830. The van der Waals surface area contributed by atoms with Crippen LogP contribution in [0, 0.1) is 10.5 Å². The zero-order chi connectivity index (χ0) is 13.0. The van der Waals surface area contributed by atoms with Crippen LogP contribution >= 0.6 is 22.6 Å². The standard InChI is InChI=1S/C11H13IN4O2/c1-8-5-10(15-18-8)14-11(17)3-2-4-16-7-9(12)6-13-16/h5-7H,2-4H2,1H3,(H,14,15,17). The van der Waals surface area contributed by atoms with Gasteiger partial charge < -0.3 is 9.84 Å². The topological polar surface area (TPSA) is 73.0 Å². The smallest absolute Gasteiger partial charge is 0.225 e. The summed E-state index contributed by atoms with van der Waals surface area (Å²) >= 11 is 2.20. The molecule has 0 radical (unpaired) electrons. The van der Waals surface area contributed by atoms with Gasteiger partial charge in [0.25, 0.3) is 0 Å². The van der Waals surface area contributed by atoms with Crippen molar-refractivity contribution in [1.82, 2.24) is 14.9 Å². The van der Waals surface area contributed by atoms with Gasteiger partial charge in [-0.3, -0.25) is 9.48 Å². The van der Waals surface area contributed by atoms with Crippen LogP contribution in [0.3, 0.4) is 0 Å². The van der Waals surface area contributed by atoms with Crippen LogP contribution in [0.1, 0.15) is 18.6 Å². The molecule has 2 heterocycles. The number of nitrogens with zero attached hydrogens (tertiary/aromatic N) is 3. The number of rotatable bonds is 5. The van der Waals surface area contributed by atoms with E-state index in [9.17, 15) is 4.79 Å². The molecule has 0 unspecified atom stereocenters. The molecule has 7 heteroatoms. The third kappa shape index (κ3) is 3.83. The molecule has 0 aromatic carbocycles. The summed E-state index contributed by atoms with van der Waals surface area (Å²) in [6.45, 7) is 2.51. The normalized spacial score (nSPS) is 10.6. The number of anilines is 1. The zero-order valence-electron chi connectivity index (χ0n) is 9.89. The second-order valence-electron chi connectivity index (χ2n) is 3.90. The maximum Gasteiger partial charge on any atom is 0.225 e. The predicted octanol–water partition coefficient (Wildman–Crippen LogP) is 2.20. The Morgan fingerprint density at radius 1 is 1.61 bits per heavy atom. The molecule has 0 spiro atoms. The third-order valence-corrected chi connectivity index (χ3v) is 2.85. The number of nitrogens with one attached hydrogen (secondary N) is 1. The van der Waals surface area contributed by atoms with Crippen LogP contribution in [0.5, 0.6) is 0 Å². The largest absolute Gasteiger partial charge is 0.360 e. The lowest BCUT2D eigenvalue weighted by Crippen LogP contribution is -2.12. The van der Waals surface area contributed by atoms with Crippen LogP contribution < -0.4 is 5.32 Å². The first-order chi connectivity index (χ1) is 8.63. The van der Waals surface area contributed by atoms with Gasteiger partial charge in [-0.25, -0.2) is 0 Å². The Bertz CT molecular complexity index is 535. The lowest BCUT2D eigenvalue weighted by atomic mass is 10.3. The maximum atomic E-state index is 11.6. The fourth-order valence-electron chi connectivity index (χ4n) is 1.49. The number of aromatic nitrogens is 3. The molecular weight excluding hydrogens is 347 g/mol. The zero-order valence-corrected chi connectivity index (χ0v) is 12.0. The van der Waals surface area contributed by atoms with E-state index in [1.165, 1.54) is 0 Å². The van der Waals surface area contributed by atoms with Gasteiger partial charge in [0.15, 0.2) is 5.82 Å². The van der Waals surface area contributed by atoms with E-state index >= 15 is 0 Å². The number of hydrogen-bond acceptors (Lipinski definition) is 4. The van der Waals surface area contributed by atoms with Gasteiger partial charge in [0.05, 0.1) is 9.77 Å². The molecular formula is C11H13IN4O2. The van der Waals surface area contributed by atoms with E-state index < -0.39 is 0 Å². The minimum absolute atomic E-state index is 0.0647. The van der Waals surface area contributed by atoms with Gasteiger partial charge in [-0.1, -0.05) is 5.16 Å².